The van der Waals surface area contributed by atoms with E-state index in [0.717, 1.165) is 16.5 Å². The van der Waals surface area contributed by atoms with Crippen LogP contribution in [0.25, 0.3) is 10.9 Å². The van der Waals surface area contributed by atoms with Gasteiger partial charge in [-0.3, -0.25) is 14.5 Å². The highest BCUT2D eigenvalue weighted by Crippen LogP contribution is 2.35. The Morgan fingerprint density at radius 3 is 2.67 bits per heavy atom. The van der Waals surface area contributed by atoms with Crippen LogP contribution in [0, 0.1) is 0 Å². The van der Waals surface area contributed by atoms with E-state index >= 15 is 0 Å². The average molecular weight is 401 g/mol. The number of carbonyl (C=O) groups is 1. The number of nitrogens with one attached hydrogen (secondary N) is 2. The van der Waals surface area contributed by atoms with Gasteiger partial charge in [0.15, 0.2) is 5.82 Å². The molecule has 0 bridgehead atoms. The van der Waals surface area contributed by atoms with Gasteiger partial charge in [-0.15, -0.1) is 0 Å². The van der Waals surface area contributed by atoms with Gasteiger partial charge in [-0.1, -0.05) is 36.4 Å². The summed E-state index contributed by atoms with van der Waals surface area (Å²) < 4.78 is 7.96. The third-order valence-corrected chi connectivity index (χ3v) is 4.85. The molecule has 0 aliphatic carbocycles. The fourth-order valence-corrected chi connectivity index (χ4v) is 3.14. The van der Waals surface area contributed by atoms with E-state index in [4.69, 9.17) is 9.84 Å². The van der Waals surface area contributed by atoms with E-state index in [9.17, 15) is 4.79 Å². The second kappa shape index (κ2) is 8.75. The molecule has 2 heterocycles. The Kier molecular flexibility index (Phi) is 5.72. The number of benzene rings is 2. The molecule has 0 saturated heterocycles. The third kappa shape index (κ3) is 4.16. The van der Waals surface area contributed by atoms with Gasteiger partial charge in [0, 0.05) is 6.20 Å². The number of carbonyl (C=O) groups excluding carboxylic acids is 1. The van der Waals surface area contributed by atoms with Gasteiger partial charge in [0.25, 0.3) is 0 Å². The molecule has 1 amide bonds. The first-order chi connectivity index (χ1) is 14.7. The van der Waals surface area contributed by atoms with Gasteiger partial charge in [0.1, 0.15) is 11.5 Å². The maximum absolute atomic E-state index is 12.6. The summed E-state index contributed by atoms with van der Waals surface area (Å²) in [6.45, 7) is 2.37. The fourth-order valence-electron chi connectivity index (χ4n) is 3.14. The smallest absolute Gasteiger partial charge is 0.242 e. The van der Waals surface area contributed by atoms with Crippen molar-refractivity contribution in [3.05, 3.63) is 78.6 Å². The molecule has 0 unspecified atom stereocenters. The van der Waals surface area contributed by atoms with E-state index in [0.29, 0.717) is 23.9 Å². The third-order valence-electron chi connectivity index (χ3n) is 4.85. The van der Waals surface area contributed by atoms with Crippen LogP contribution < -0.4 is 15.4 Å². The number of likely N-dealkylation sites (N-methyl/N-ethyl adjacent to an activating group) is 1. The van der Waals surface area contributed by atoms with Crippen LogP contribution in [-0.2, 0) is 11.3 Å². The molecule has 152 valence electrons. The number of hydrogen-bond acceptors (Lipinski definition) is 5. The van der Waals surface area contributed by atoms with Gasteiger partial charge in [-0.25, -0.2) is 0 Å². The molecule has 2 N–H and O–H groups in total. The highest BCUT2D eigenvalue weighted by atomic mass is 16.5. The maximum atomic E-state index is 12.6. The summed E-state index contributed by atoms with van der Waals surface area (Å²) in [7, 11) is 1.74. The Morgan fingerprint density at radius 1 is 1.10 bits per heavy atom. The highest BCUT2D eigenvalue weighted by Gasteiger charge is 2.20. The number of pyridine rings is 1. The molecular weight excluding hydrogens is 378 g/mol. The second-order valence-electron chi connectivity index (χ2n) is 6.93. The predicted octanol–water partition coefficient (Wildman–Crippen LogP) is 3.82. The van der Waals surface area contributed by atoms with Crippen LogP contribution in [0.3, 0.4) is 0 Å². The lowest BCUT2D eigenvalue weighted by Gasteiger charge is -2.11. The predicted molar refractivity (Wildman–Crippen MR) is 117 cm³/mol. The summed E-state index contributed by atoms with van der Waals surface area (Å²) in [6.07, 6.45) is 3.34. The van der Waals surface area contributed by atoms with Gasteiger partial charge < -0.3 is 15.4 Å². The van der Waals surface area contributed by atoms with Crippen LogP contribution in [0.1, 0.15) is 12.5 Å². The zero-order chi connectivity index (χ0) is 20.9. The van der Waals surface area contributed by atoms with Crippen molar-refractivity contribution in [2.75, 3.05) is 12.4 Å². The van der Waals surface area contributed by atoms with Crippen molar-refractivity contribution >= 4 is 22.6 Å². The summed E-state index contributed by atoms with van der Waals surface area (Å²) >= 11 is 0. The van der Waals surface area contributed by atoms with Crippen molar-refractivity contribution in [2.24, 2.45) is 0 Å². The maximum Gasteiger partial charge on any atom is 0.242 e. The lowest BCUT2D eigenvalue weighted by atomic mass is 10.2. The zero-order valence-electron chi connectivity index (χ0n) is 16.9. The number of amides is 1. The zero-order valence-corrected chi connectivity index (χ0v) is 16.9. The van der Waals surface area contributed by atoms with E-state index in [1.165, 1.54) is 0 Å². The van der Waals surface area contributed by atoms with Crippen molar-refractivity contribution < 1.29 is 9.53 Å². The van der Waals surface area contributed by atoms with Gasteiger partial charge >= 0.3 is 0 Å². The molecule has 0 aliphatic rings. The lowest BCUT2D eigenvalue weighted by Crippen LogP contribution is -2.35. The lowest BCUT2D eigenvalue weighted by molar-refractivity contribution is -0.117. The van der Waals surface area contributed by atoms with Crippen molar-refractivity contribution in [3.8, 4) is 11.5 Å². The highest BCUT2D eigenvalue weighted by molar-refractivity contribution is 6.04. The van der Waals surface area contributed by atoms with Gasteiger partial charge in [0.05, 0.1) is 29.7 Å². The Bertz CT molecular complexity index is 1140. The minimum Gasteiger partial charge on any atom is -0.455 e. The Labute approximate surface area is 174 Å². The molecule has 30 heavy (non-hydrogen) atoms. The number of aromatic nitrogens is 3. The fraction of sp³-hybridized carbons (Fsp3) is 0.174. The van der Waals surface area contributed by atoms with E-state index in [2.05, 4.69) is 15.6 Å². The minimum atomic E-state index is -0.356. The molecule has 0 aliphatic heterocycles. The van der Waals surface area contributed by atoms with Crippen molar-refractivity contribution in [1.82, 2.24) is 20.1 Å². The normalized spacial score (nSPS) is 11.9. The van der Waals surface area contributed by atoms with E-state index < -0.39 is 0 Å². The second-order valence-corrected chi connectivity index (χ2v) is 6.93. The number of hydrogen-bond donors (Lipinski definition) is 2. The molecule has 0 fully saturated rings. The first-order valence-electron chi connectivity index (χ1n) is 9.75. The van der Waals surface area contributed by atoms with Crippen LogP contribution in [0.2, 0.25) is 0 Å². The molecule has 4 rings (SSSR count). The van der Waals surface area contributed by atoms with Crippen molar-refractivity contribution in [3.63, 3.8) is 0 Å². The summed E-state index contributed by atoms with van der Waals surface area (Å²) in [6, 6.07) is 19.1. The summed E-state index contributed by atoms with van der Waals surface area (Å²) in [5.41, 5.74) is 1.98. The van der Waals surface area contributed by atoms with E-state index in [-0.39, 0.29) is 11.9 Å². The number of nitrogens with zero attached hydrogens (tertiary/aromatic N) is 3. The summed E-state index contributed by atoms with van der Waals surface area (Å²) in [5, 5.41) is 11.3. The first kappa shape index (κ1) is 19.6. The van der Waals surface area contributed by atoms with Crippen LogP contribution in [-0.4, -0.2) is 33.8 Å². The largest absolute Gasteiger partial charge is 0.455 e. The standard InChI is InChI=1S/C23H23N5O2/c1-16(24-2)23(29)26-22-21-19(28(27-22)15-17-8-4-3-5-9-17)11-6-12-20(21)30-18-10-7-13-25-14-18/h3-14,16,24H,15H2,1-2H3,(H,26,27,29)/t16-/m0/s1. The van der Waals surface area contributed by atoms with E-state index in [1.54, 1.807) is 26.4 Å². The summed E-state index contributed by atoms with van der Waals surface area (Å²) in [5.74, 6) is 1.52. The average Bonchev–Trinajstić information content (AvgIpc) is 3.12. The number of ether oxygens (including phenoxy) is 1. The molecule has 2 aromatic carbocycles. The van der Waals surface area contributed by atoms with Gasteiger partial charge in [-0.2, -0.15) is 5.10 Å². The Balaban J connectivity index is 1.79. The van der Waals surface area contributed by atoms with Crippen LogP contribution in [0.15, 0.2) is 73.1 Å². The van der Waals surface area contributed by atoms with Crippen LogP contribution >= 0.6 is 0 Å². The van der Waals surface area contributed by atoms with Gasteiger partial charge in [0.2, 0.25) is 5.91 Å². The molecule has 7 nitrogen and oxygen atoms in total. The molecule has 0 spiro atoms. The first-order valence-corrected chi connectivity index (χ1v) is 9.75. The molecule has 1 atom stereocenters. The topological polar surface area (TPSA) is 81.1 Å². The van der Waals surface area contributed by atoms with Crippen LogP contribution in [0.4, 0.5) is 5.82 Å². The quantitative estimate of drug-likeness (QED) is 0.492. The molecular formula is C23H23N5O2. The molecule has 2 aromatic heterocycles. The van der Waals surface area contributed by atoms with Crippen molar-refractivity contribution in [1.29, 1.82) is 0 Å². The van der Waals surface area contributed by atoms with Gasteiger partial charge in [-0.05, 0) is 43.8 Å². The molecule has 0 radical (unpaired) electrons. The number of fused-ring (bicyclic) bond motifs is 1. The number of anilines is 1. The Hall–Kier alpha value is -3.71. The molecule has 4 aromatic rings. The van der Waals surface area contributed by atoms with Crippen LogP contribution in [0.5, 0.6) is 11.5 Å². The monoisotopic (exact) mass is 401 g/mol. The minimum absolute atomic E-state index is 0.167. The van der Waals surface area contributed by atoms with Crippen molar-refractivity contribution in [2.45, 2.75) is 19.5 Å². The summed E-state index contributed by atoms with van der Waals surface area (Å²) in [4.78, 5) is 16.7. The molecule has 0 saturated carbocycles. The molecule has 7 heteroatoms. The number of rotatable bonds is 7. The Morgan fingerprint density at radius 2 is 1.93 bits per heavy atom. The van der Waals surface area contributed by atoms with E-state index in [1.807, 2.05) is 65.3 Å². The SMILES string of the molecule is CN[C@@H](C)C(=O)Nc1nn(Cc2ccccc2)c2cccc(Oc3cccnc3)c12.